The van der Waals surface area contributed by atoms with E-state index in [1.54, 1.807) is 0 Å². The van der Waals surface area contributed by atoms with Gasteiger partial charge in [0.2, 0.25) is 0 Å². The Morgan fingerprint density at radius 1 is 0.895 bits per heavy atom. The first-order valence-electron chi connectivity index (χ1n) is 8.07. The third kappa shape index (κ3) is 4.82. The predicted octanol–water partition coefficient (Wildman–Crippen LogP) is 6.39. The lowest BCUT2D eigenvalue weighted by Gasteiger charge is -2.37. The van der Waals surface area contributed by atoms with Gasteiger partial charge in [0, 0.05) is 0 Å². The number of allylic oxidation sites excluding steroid dienone is 3. The van der Waals surface area contributed by atoms with Crippen molar-refractivity contribution in [3.63, 3.8) is 0 Å². The molecule has 19 heavy (non-hydrogen) atoms. The van der Waals surface area contributed by atoms with Gasteiger partial charge in [0.25, 0.3) is 0 Å². The molecule has 0 bridgehead atoms. The van der Waals surface area contributed by atoms with Crippen molar-refractivity contribution in [2.75, 3.05) is 0 Å². The standard InChI is InChI=1S/C18H30.CH4/c1-3-5-15-7-11-17(12-8-15)18-13-9-16(6-4-2)10-14-18;/h3-4,6,15-18H,1,5,7-14H2,2H3;1H4. The molecule has 0 aliphatic heterocycles. The SMILES string of the molecule is C.C=CCC1CCC(C2CCC(C=CC)CC2)CC1. The van der Waals surface area contributed by atoms with Gasteiger partial charge in [-0.1, -0.05) is 25.7 Å². The van der Waals surface area contributed by atoms with Crippen LogP contribution in [-0.2, 0) is 0 Å². The van der Waals surface area contributed by atoms with E-state index in [1.165, 1.54) is 57.8 Å². The van der Waals surface area contributed by atoms with E-state index >= 15 is 0 Å². The van der Waals surface area contributed by atoms with Gasteiger partial charge >= 0.3 is 0 Å². The first-order valence-corrected chi connectivity index (χ1v) is 8.07. The van der Waals surface area contributed by atoms with Crippen molar-refractivity contribution >= 4 is 0 Å². The van der Waals surface area contributed by atoms with Crippen molar-refractivity contribution in [1.82, 2.24) is 0 Å². The summed E-state index contributed by atoms with van der Waals surface area (Å²) in [5.74, 6) is 3.95. The average Bonchev–Trinajstić information content (AvgIpc) is 2.41. The number of hydrogen-bond acceptors (Lipinski definition) is 0. The third-order valence-electron chi connectivity index (χ3n) is 5.34. The fourth-order valence-electron chi connectivity index (χ4n) is 4.21. The highest BCUT2D eigenvalue weighted by atomic mass is 14.3. The molecule has 0 aromatic carbocycles. The van der Waals surface area contributed by atoms with Crippen LogP contribution in [0.2, 0.25) is 0 Å². The first-order chi connectivity index (χ1) is 8.83. The minimum Gasteiger partial charge on any atom is -0.103 e. The lowest BCUT2D eigenvalue weighted by Crippen LogP contribution is -2.25. The quantitative estimate of drug-likeness (QED) is 0.515. The lowest BCUT2D eigenvalue weighted by molar-refractivity contribution is 0.156. The minimum absolute atomic E-state index is 0. The van der Waals surface area contributed by atoms with Gasteiger partial charge in [-0.25, -0.2) is 0 Å². The molecular weight excluding hydrogens is 228 g/mol. The summed E-state index contributed by atoms with van der Waals surface area (Å²) in [6.45, 7) is 6.04. The van der Waals surface area contributed by atoms with Crippen molar-refractivity contribution in [2.45, 2.75) is 72.1 Å². The molecule has 0 aromatic rings. The lowest BCUT2D eigenvalue weighted by atomic mass is 9.69. The molecule has 0 N–H and O–H groups in total. The number of hydrogen-bond donors (Lipinski definition) is 0. The van der Waals surface area contributed by atoms with Gasteiger partial charge in [-0.2, -0.15) is 0 Å². The van der Waals surface area contributed by atoms with Gasteiger partial charge in [-0.15, -0.1) is 6.58 Å². The van der Waals surface area contributed by atoms with Crippen LogP contribution >= 0.6 is 0 Å². The Bertz CT molecular complexity index is 260. The van der Waals surface area contributed by atoms with Gasteiger partial charge in [0.15, 0.2) is 0 Å². The molecule has 110 valence electrons. The second-order valence-electron chi connectivity index (χ2n) is 6.51. The molecule has 0 unspecified atom stereocenters. The van der Waals surface area contributed by atoms with Gasteiger partial charge in [0.05, 0.1) is 0 Å². The van der Waals surface area contributed by atoms with Gasteiger partial charge in [0.1, 0.15) is 0 Å². The molecular formula is C19H34. The van der Waals surface area contributed by atoms with Crippen molar-refractivity contribution in [3.05, 3.63) is 24.8 Å². The molecule has 0 heteroatoms. The van der Waals surface area contributed by atoms with Crippen LogP contribution in [0.25, 0.3) is 0 Å². The van der Waals surface area contributed by atoms with Crippen LogP contribution in [0, 0.1) is 23.7 Å². The topological polar surface area (TPSA) is 0 Å². The van der Waals surface area contributed by atoms with Crippen molar-refractivity contribution in [1.29, 1.82) is 0 Å². The summed E-state index contributed by atoms with van der Waals surface area (Å²) in [7, 11) is 0. The molecule has 0 nitrogen and oxygen atoms in total. The highest BCUT2D eigenvalue weighted by Gasteiger charge is 2.29. The molecule has 2 rings (SSSR count). The molecule has 0 radical (unpaired) electrons. The van der Waals surface area contributed by atoms with E-state index in [1.807, 2.05) is 0 Å². The van der Waals surface area contributed by atoms with Crippen LogP contribution in [0.5, 0.6) is 0 Å². The van der Waals surface area contributed by atoms with E-state index in [-0.39, 0.29) is 7.43 Å². The zero-order chi connectivity index (χ0) is 12.8. The fraction of sp³-hybridized carbons (Fsp3) is 0.789. The van der Waals surface area contributed by atoms with E-state index in [4.69, 9.17) is 0 Å². The summed E-state index contributed by atoms with van der Waals surface area (Å²) in [4.78, 5) is 0. The van der Waals surface area contributed by atoms with E-state index in [0.717, 1.165) is 23.7 Å². The first kappa shape index (κ1) is 16.5. The molecule has 0 amide bonds. The summed E-state index contributed by atoms with van der Waals surface area (Å²) in [5, 5.41) is 0. The molecule has 0 atom stereocenters. The zero-order valence-corrected chi connectivity index (χ0v) is 12.1. The van der Waals surface area contributed by atoms with Crippen LogP contribution in [-0.4, -0.2) is 0 Å². The van der Waals surface area contributed by atoms with Crippen LogP contribution in [0.1, 0.15) is 72.1 Å². The third-order valence-corrected chi connectivity index (χ3v) is 5.34. The second kappa shape index (κ2) is 8.61. The van der Waals surface area contributed by atoms with Crippen molar-refractivity contribution < 1.29 is 0 Å². The molecule has 2 aliphatic rings. The predicted molar refractivity (Wildman–Crippen MR) is 87.3 cm³/mol. The normalized spacial score (nSPS) is 35.8. The largest absolute Gasteiger partial charge is 0.103 e. The molecule has 0 saturated heterocycles. The van der Waals surface area contributed by atoms with Gasteiger partial charge in [-0.05, 0) is 88.4 Å². The summed E-state index contributed by atoms with van der Waals surface area (Å²) in [6, 6.07) is 0. The molecule has 0 spiro atoms. The Labute approximate surface area is 121 Å². The maximum absolute atomic E-state index is 3.88. The molecule has 0 heterocycles. The maximum atomic E-state index is 3.88. The van der Waals surface area contributed by atoms with Crippen LogP contribution in [0.4, 0.5) is 0 Å². The summed E-state index contributed by atoms with van der Waals surface area (Å²) in [6.07, 6.45) is 19.8. The average molecular weight is 262 g/mol. The summed E-state index contributed by atoms with van der Waals surface area (Å²) < 4.78 is 0. The van der Waals surface area contributed by atoms with Crippen LogP contribution < -0.4 is 0 Å². The zero-order valence-electron chi connectivity index (χ0n) is 12.1. The smallest absolute Gasteiger partial charge is 0.0233 e. The highest BCUT2D eigenvalue weighted by molar-refractivity contribution is 4.91. The Morgan fingerprint density at radius 2 is 1.42 bits per heavy atom. The summed E-state index contributed by atoms with van der Waals surface area (Å²) >= 11 is 0. The van der Waals surface area contributed by atoms with E-state index in [0.29, 0.717) is 0 Å². The molecule has 2 fully saturated rings. The monoisotopic (exact) mass is 262 g/mol. The van der Waals surface area contributed by atoms with Crippen LogP contribution in [0.3, 0.4) is 0 Å². The summed E-state index contributed by atoms with van der Waals surface area (Å²) in [5.41, 5.74) is 0. The van der Waals surface area contributed by atoms with Gasteiger partial charge < -0.3 is 0 Å². The van der Waals surface area contributed by atoms with Crippen molar-refractivity contribution in [2.24, 2.45) is 23.7 Å². The van der Waals surface area contributed by atoms with Gasteiger partial charge in [-0.3, -0.25) is 0 Å². The minimum atomic E-state index is 0. The Balaban J connectivity index is 0.00000180. The number of rotatable bonds is 4. The Hall–Kier alpha value is -0.520. The van der Waals surface area contributed by atoms with Crippen LogP contribution in [0.15, 0.2) is 24.8 Å². The maximum Gasteiger partial charge on any atom is -0.0233 e. The highest BCUT2D eigenvalue weighted by Crippen LogP contribution is 2.42. The Kier molecular flexibility index (Phi) is 7.49. The van der Waals surface area contributed by atoms with Crippen molar-refractivity contribution in [3.8, 4) is 0 Å². The molecule has 2 saturated carbocycles. The molecule has 0 aromatic heterocycles. The Morgan fingerprint density at radius 3 is 1.89 bits per heavy atom. The van der Waals surface area contributed by atoms with E-state index in [9.17, 15) is 0 Å². The van der Waals surface area contributed by atoms with E-state index in [2.05, 4.69) is 31.7 Å². The molecule has 2 aliphatic carbocycles. The van der Waals surface area contributed by atoms with E-state index < -0.39 is 0 Å². The fourth-order valence-corrected chi connectivity index (χ4v) is 4.21. The second-order valence-corrected chi connectivity index (χ2v) is 6.51.